The lowest BCUT2D eigenvalue weighted by molar-refractivity contribution is -0.137. The molecule has 0 aromatic heterocycles. The maximum absolute atomic E-state index is 13.3. The monoisotopic (exact) mass is 448 g/mol. The van der Waals surface area contributed by atoms with Crippen LogP contribution in [-0.4, -0.2) is 18.4 Å². The molecule has 32 heavy (non-hydrogen) atoms. The molecular formula is C23H17F5N2O2. The van der Waals surface area contributed by atoms with E-state index in [0.717, 1.165) is 36.4 Å². The molecule has 0 radical (unpaired) electrons. The van der Waals surface area contributed by atoms with Gasteiger partial charge in [0.1, 0.15) is 11.6 Å². The molecule has 2 amide bonds. The largest absolute Gasteiger partial charge is 0.416 e. The van der Waals surface area contributed by atoms with Crippen molar-refractivity contribution in [2.75, 3.05) is 6.54 Å². The number of benzene rings is 3. The second-order valence-electron chi connectivity index (χ2n) is 6.86. The van der Waals surface area contributed by atoms with E-state index in [9.17, 15) is 31.5 Å². The Kier molecular flexibility index (Phi) is 6.87. The Morgan fingerprint density at radius 2 is 1.41 bits per heavy atom. The van der Waals surface area contributed by atoms with Crippen LogP contribution in [0.1, 0.15) is 33.1 Å². The Balaban J connectivity index is 1.78. The van der Waals surface area contributed by atoms with Crippen LogP contribution in [0.25, 0.3) is 0 Å². The first-order valence-corrected chi connectivity index (χ1v) is 9.39. The summed E-state index contributed by atoms with van der Waals surface area (Å²) in [5.41, 5.74) is -0.290. The van der Waals surface area contributed by atoms with Gasteiger partial charge in [0.2, 0.25) is 5.91 Å². The first-order valence-electron chi connectivity index (χ1n) is 9.39. The van der Waals surface area contributed by atoms with Gasteiger partial charge in [-0.1, -0.05) is 24.3 Å². The SMILES string of the molecule is O=C(CNC(=O)c1ccc(F)cc1)NC(c1ccc(F)cc1)c1cccc(C(F)(F)F)c1. The minimum atomic E-state index is -4.59. The van der Waals surface area contributed by atoms with Crippen LogP contribution >= 0.6 is 0 Å². The van der Waals surface area contributed by atoms with Gasteiger partial charge in [-0.3, -0.25) is 9.59 Å². The Hall–Kier alpha value is -3.75. The Morgan fingerprint density at radius 1 is 0.812 bits per heavy atom. The smallest absolute Gasteiger partial charge is 0.344 e. The molecule has 0 bridgehead atoms. The lowest BCUT2D eigenvalue weighted by Gasteiger charge is -2.21. The summed E-state index contributed by atoms with van der Waals surface area (Å²) in [6.07, 6.45) is -4.59. The van der Waals surface area contributed by atoms with E-state index in [-0.39, 0.29) is 11.1 Å². The van der Waals surface area contributed by atoms with Crippen LogP contribution in [0.4, 0.5) is 22.0 Å². The van der Waals surface area contributed by atoms with E-state index in [0.29, 0.717) is 5.56 Å². The fourth-order valence-corrected chi connectivity index (χ4v) is 2.98. The van der Waals surface area contributed by atoms with Crippen molar-refractivity contribution in [3.63, 3.8) is 0 Å². The number of hydrogen-bond donors (Lipinski definition) is 2. The minimum Gasteiger partial charge on any atom is -0.344 e. The molecule has 1 unspecified atom stereocenters. The molecule has 3 rings (SSSR count). The maximum atomic E-state index is 13.3. The molecule has 3 aromatic rings. The summed E-state index contributed by atoms with van der Waals surface area (Å²) in [4.78, 5) is 24.6. The standard InChI is InChI=1S/C23H17F5N2O2/c24-18-8-4-14(5-9-18)21(16-2-1-3-17(12-16)23(26,27)28)30-20(31)13-29-22(32)15-6-10-19(25)11-7-15/h1-12,21H,13H2,(H,29,32)(H,30,31). The number of alkyl halides is 3. The van der Waals surface area contributed by atoms with Crippen molar-refractivity contribution in [3.8, 4) is 0 Å². The van der Waals surface area contributed by atoms with E-state index in [1.807, 2.05) is 0 Å². The molecule has 9 heteroatoms. The van der Waals surface area contributed by atoms with Crippen LogP contribution in [0.3, 0.4) is 0 Å². The van der Waals surface area contributed by atoms with Gasteiger partial charge in [-0.2, -0.15) is 13.2 Å². The van der Waals surface area contributed by atoms with Crippen molar-refractivity contribution in [2.24, 2.45) is 0 Å². The van der Waals surface area contributed by atoms with Crippen LogP contribution in [0.15, 0.2) is 72.8 Å². The Labute approximate surface area is 180 Å². The third kappa shape index (κ3) is 5.90. The lowest BCUT2D eigenvalue weighted by Crippen LogP contribution is -2.39. The van der Waals surface area contributed by atoms with E-state index in [2.05, 4.69) is 10.6 Å². The third-order valence-corrected chi connectivity index (χ3v) is 4.57. The number of hydrogen-bond acceptors (Lipinski definition) is 2. The second-order valence-corrected chi connectivity index (χ2v) is 6.86. The fourth-order valence-electron chi connectivity index (χ4n) is 2.98. The molecule has 0 aliphatic carbocycles. The zero-order valence-electron chi connectivity index (χ0n) is 16.4. The predicted octanol–water partition coefficient (Wildman–Crippen LogP) is 4.62. The van der Waals surface area contributed by atoms with Crippen molar-refractivity contribution in [1.82, 2.24) is 10.6 Å². The van der Waals surface area contributed by atoms with Crippen LogP contribution in [-0.2, 0) is 11.0 Å². The van der Waals surface area contributed by atoms with E-state index < -0.39 is 47.8 Å². The molecule has 0 fully saturated rings. The summed E-state index contributed by atoms with van der Waals surface area (Å²) < 4.78 is 65.7. The quantitative estimate of drug-likeness (QED) is 0.541. The average Bonchev–Trinajstić information content (AvgIpc) is 2.76. The normalized spacial score (nSPS) is 12.2. The predicted molar refractivity (Wildman–Crippen MR) is 107 cm³/mol. The van der Waals surface area contributed by atoms with Crippen molar-refractivity contribution in [1.29, 1.82) is 0 Å². The van der Waals surface area contributed by atoms with Crippen LogP contribution < -0.4 is 10.6 Å². The van der Waals surface area contributed by atoms with Crippen LogP contribution in [0, 0.1) is 11.6 Å². The number of halogens is 5. The average molecular weight is 448 g/mol. The van der Waals surface area contributed by atoms with Crippen LogP contribution in [0.5, 0.6) is 0 Å². The van der Waals surface area contributed by atoms with Gasteiger partial charge in [0.15, 0.2) is 0 Å². The molecule has 0 saturated heterocycles. The van der Waals surface area contributed by atoms with Gasteiger partial charge in [0, 0.05) is 5.56 Å². The molecule has 2 N–H and O–H groups in total. The second kappa shape index (κ2) is 9.59. The maximum Gasteiger partial charge on any atom is 0.416 e. The van der Waals surface area contributed by atoms with Gasteiger partial charge in [-0.15, -0.1) is 0 Å². The van der Waals surface area contributed by atoms with E-state index in [1.54, 1.807) is 0 Å². The van der Waals surface area contributed by atoms with Crippen LogP contribution in [0.2, 0.25) is 0 Å². The Morgan fingerprint density at radius 3 is 2.00 bits per heavy atom. The minimum absolute atomic E-state index is 0.129. The number of rotatable bonds is 6. The summed E-state index contributed by atoms with van der Waals surface area (Å²) in [6.45, 7) is -0.479. The van der Waals surface area contributed by atoms with E-state index >= 15 is 0 Å². The summed E-state index contributed by atoms with van der Waals surface area (Å²) in [5.74, 6) is -2.39. The fraction of sp³-hybridized carbons (Fsp3) is 0.130. The van der Waals surface area contributed by atoms with Gasteiger partial charge >= 0.3 is 6.18 Å². The highest BCUT2D eigenvalue weighted by Crippen LogP contribution is 2.32. The van der Waals surface area contributed by atoms with Gasteiger partial charge in [-0.05, 0) is 59.7 Å². The molecular weight excluding hydrogens is 431 g/mol. The highest BCUT2D eigenvalue weighted by atomic mass is 19.4. The molecule has 0 aliphatic rings. The molecule has 3 aromatic carbocycles. The molecule has 166 valence electrons. The molecule has 0 saturated carbocycles. The molecule has 4 nitrogen and oxygen atoms in total. The number of amides is 2. The summed E-state index contributed by atoms with van der Waals surface area (Å²) in [5, 5.41) is 4.92. The Bertz CT molecular complexity index is 1100. The first-order chi connectivity index (χ1) is 15.1. The summed E-state index contributed by atoms with van der Waals surface area (Å²) in [6, 6.07) is 13.0. The van der Waals surface area contributed by atoms with Crippen molar-refractivity contribution < 1.29 is 31.5 Å². The molecule has 0 aliphatic heterocycles. The molecule has 0 heterocycles. The van der Waals surface area contributed by atoms with Gasteiger partial charge in [-0.25, -0.2) is 8.78 Å². The highest BCUT2D eigenvalue weighted by Gasteiger charge is 2.31. The summed E-state index contributed by atoms with van der Waals surface area (Å²) in [7, 11) is 0. The van der Waals surface area contributed by atoms with Gasteiger partial charge in [0.25, 0.3) is 5.91 Å². The number of nitrogens with one attached hydrogen (secondary N) is 2. The van der Waals surface area contributed by atoms with Crippen molar-refractivity contribution in [2.45, 2.75) is 12.2 Å². The molecule has 1 atom stereocenters. The third-order valence-electron chi connectivity index (χ3n) is 4.57. The van der Waals surface area contributed by atoms with E-state index in [1.165, 1.54) is 36.4 Å². The topological polar surface area (TPSA) is 58.2 Å². The highest BCUT2D eigenvalue weighted by molar-refractivity contribution is 5.96. The zero-order valence-corrected chi connectivity index (χ0v) is 16.4. The van der Waals surface area contributed by atoms with E-state index in [4.69, 9.17) is 0 Å². The van der Waals surface area contributed by atoms with Crippen molar-refractivity contribution >= 4 is 11.8 Å². The first kappa shape index (κ1) is 22.9. The summed E-state index contributed by atoms with van der Waals surface area (Å²) >= 11 is 0. The van der Waals surface area contributed by atoms with Crippen molar-refractivity contribution in [3.05, 3.63) is 107 Å². The lowest BCUT2D eigenvalue weighted by atomic mass is 9.96. The van der Waals surface area contributed by atoms with Gasteiger partial charge < -0.3 is 10.6 Å². The zero-order chi connectivity index (χ0) is 23.3. The van der Waals surface area contributed by atoms with Gasteiger partial charge in [0.05, 0.1) is 18.2 Å². The number of carbonyl (C=O) groups excluding carboxylic acids is 2. The molecule has 0 spiro atoms. The number of carbonyl (C=O) groups is 2.